The van der Waals surface area contributed by atoms with Gasteiger partial charge < -0.3 is 20.5 Å². The van der Waals surface area contributed by atoms with Crippen molar-refractivity contribution in [1.82, 2.24) is 9.88 Å². The Morgan fingerprint density at radius 3 is 2.88 bits per heavy atom. The van der Waals surface area contributed by atoms with E-state index < -0.39 is 11.0 Å². The van der Waals surface area contributed by atoms with Gasteiger partial charge in [-0.2, -0.15) is 0 Å². The van der Waals surface area contributed by atoms with Crippen LogP contribution in [-0.4, -0.2) is 39.2 Å². The standard InChI is InChI=1S/C15H14N4O5/c16-14-12(19(22)23)6-10(7-17-14)9-1-2-13-11(5-9)8-18(15(20)21)3-4-24-13/h1-2,5-7H,3-4,8H2,(H2,16,17)(H,20,21). The normalized spacial score (nSPS) is 13.6. The zero-order valence-corrected chi connectivity index (χ0v) is 12.5. The van der Waals surface area contributed by atoms with Crippen molar-refractivity contribution >= 4 is 17.6 Å². The van der Waals surface area contributed by atoms with Crippen molar-refractivity contribution in [3.05, 3.63) is 46.1 Å². The van der Waals surface area contributed by atoms with Crippen LogP contribution in [0, 0.1) is 10.1 Å². The van der Waals surface area contributed by atoms with E-state index in [0.29, 0.717) is 22.4 Å². The Hall–Kier alpha value is -3.36. The number of carboxylic acid groups (broad SMARTS) is 1. The van der Waals surface area contributed by atoms with E-state index in [2.05, 4.69) is 4.98 Å². The van der Waals surface area contributed by atoms with E-state index in [4.69, 9.17) is 10.5 Å². The molecule has 0 unspecified atom stereocenters. The average molecular weight is 330 g/mol. The minimum Gasteiger partial charge on any atom is -0.491 e. The summed E-state index contributed by atoms with van der Waals surface area (Å²) in [6.07, 6.45) is 0.415. The van der Waals surface area contributed by atoms with Crippen molar-refractivity contribution in [3.63, 3.8) is 0 Å². The van der Waals surface area contributed by atoms with Gasteiger partial charge in [0.2, 0.25) is 5.82 Å². The topological polar surface area (TPSA) is 132 Å². The molecule has 0 atom stereocenters. The minimum absolute atomic E-state index is 0.154. The number of nitro groups is 1. The van der Waals surface area contributed by atoms with Crippen LogP contribution in [0.15, 0.2) is 30.5 Å². The Morgan fingerprint density at radius 1 is 1.38 bits per heavy atom. The lowest BCUT2D eigenvalue weighted by atomic mass is 10.0. The molecule has 1 aliphatic rings. The lowest BCUT2D eigenvalue weighted by Crippen LogP contribution is -2.30. The number of pyridine rings is 1. The Bertz CT molecular complexity index is 824. The minimum atomic E-state index is -1.03. The summed E-state index contributed by atoms with van der Waals surface area (Å²) < 4.78 is 5.55. The molecular weight excluding hydrogens is 316 g/mol. The van der Waals surface area contributed by atoms with E-state index in [1.165, 1.54) is 17.2 Å². The maximum atomic E-state index is 11.2. The molecule has 0 aliphatic carbocycles. The summed E-state index contributed by atoms with van der Waals surface area (Å²) in [6.45, 7) is 0.727. The molecule has 9 nitrogen and oxygen atoms in total. The number of amides is 1. The van der Waals surface area contributed by atoms with Crippen LogP contribution in [-0.2, 0) is 6.54 Å². The number of hydrogen-bond acceptors (Lipinski definition) is 6. The molecular formula is C15H14N4O5. The van der Waals surface area contributed by atoms with Gasteiger partial charge >= 0.3 is 11.8 Å². The second-order valence-corrected chi connectivity index (χ2v) is 5.26. The summed E-state index contributed by atoms with van der Waals surface area (Å²) in [4.78, 5) is 26.7. The van der Waals surface area contributed by atoms with Crippen molar-refractivity contribution in [2.45, 2.75) is 6.54 Å². The number of nitrogens with zero attached hydrogens (tertiary/aromatic N) is 3. The monoisotopic (exact) mass is 330 g/mol. The van der Waals surface area contributed by atoms with Gasteiger partial charge in [0.15, 0.2) is 0 Å². The highest BCUT2D eigenvalue weighted by atomic mass is 16.6. The van der Waals surface area contributed by atoms with Gasteiger partial charge in [-0.3, -0.25) is 10.1 Å². The number of ether oxygens (including phenoxy) is 1. The Kier molecular flexibility index (Phi) is 3.90. The molecule has 0 spiro atoms. The molecule has 0 bridgehead atoms. The van der Waals surface area contributed by atoms with Crippen molar-refractivity contribution in [2.24, 2.45) is 0 Å². The predicted octanol–water partition coefficient (Wildman–Crippen LogP) is 2.11. The van der Waals surface area contributed by atoms with Crippen molar-refractivity contribution in [3.8, 4) is 16.9 Å². The molecule has 2 aromatic rings. The van der Waals surface area contributed by atoms with Crippen LogP contribution in [0.1, 0.15) is 5.56 Å². The van der Waals surface area contributed by atoms with Crippen molar-refractivity contribution in [2.75, 3.05) is 18.9 Å². The fraction of sp³-hybridized carbons (Fsp3) is 0.200. The average Bonchev–Trinajstić information content (AvgIpc) is 2.76. The van der Waals surface area contributed by atoms with Crippen LogP contribution >= 0.6 is 0 Å². The van der Waals surface area contributed by atoms with Crippen LogP contribution in [0.2, 0.25) is 0 Å². The van der Waals surface area contributed by atoms with Gasteiger partial charge in [-0.25, -0.2) is 9.78 Å². The van der Waals surface area contributed by atoms with Crippen LogP contribution in [0.5, 0.6) is 5.75 Å². The fourth-order valence-electron chi connectivity index (χ4n) is 2.50. The third-order valence-corrected chi connectivity index (χ3v) is 3.74. The fourth-order valence-corrected chi connectivity index (χ4v) is 2.50. The number of fused-ring (bicyclic) bond motifs is 1. The second kappa shape index (κ2) is 6.03. The maximum Gasteiger partial charge on any atom is 0.407 e. The zero-order valence-electron chi connectivity index (χ0n) is 12.5. The number of hydrogen-bond donors (Lipinski definition) is 2. The number of nitrogen functional groups attached to an aromatic ring is 1. The molecule has 1 aromatic carbocycles. The largest absolute Gasteiger partial charge is 0.491 e. The number of anilines is 1. The smallest absolute Gasteiger partial charge is 0.407 e. The number of nitrogens with two attached hydrogens (primary N) is 1. The molecule has 9 heteroatoms. The summed E-state index contributed by atoms with van der Waals surface area (Å²) >= 11 is 0. The molecule has 3 N–H and O–H groups in total. The van der Waals surface area contributed by atoms with E-state index in [9.17, 15) is 20.0 Å². The number of rotatable bonds is 2. The summed E-state index contributed by atoms with van der Waals surface area (Å²) in [7, 11) is 0. The van der Waals surface area contributed by atoms with Crippen LogP contribution in [0.3, 0.4) is 0 Å². The van der Waals surface area contributed by atoms with Gasteiger partial charge in [0.1, 0.15) is 12.4 Å². The molecule has 3 rings (SSSR count). The Labute approximate surface area is 136 Å². The summed E-state index contributed by atoms with van der Waals surface area (Å²) in [5.74, 6) is 0.444. The van der Waals surface area contributed by atoms with Gasteiger partial charge in [0.25, 0.3) is 0 Å². The van der Waals surface area contributed by atoms with Gasteiger partial charge in [0.05, 0.1) is 18.0 Å². The molecule has 24 heavy (non-hydrogen) atoms. The predicted molar refractivity (Wildman–Crippen MR) is 84.7 cm³/mol. The SMILES string of the molecule is Nc1ncc(-c2ccc3c(c2)CN(C(=O)O)CCO3)cc1[N+](=O)[O-]. The van der Waals surface area contributed by atoms with Crippen molar-refractivity contribution in [1.29, 1.82) is 0 Å². The molecule has 0 fully saturated rings. The highest BCUT2D eigenvalue weighted by molar-refractivity contribution is 5.71. The molecule has 1 aromatic heterocycles. The molecule has 2 heterocycles. The summed E-state index contributed by atoms with van der Waals surface area (Å²) in [5, 5.41) is 20.2. The number of aromatic nitrogens is 1. The molecule has 1 aliphatic heterocycles. The highest BCUT2D eigenvalue weighted by Crippen LogP contribution is 2.31. The first-order valence-corrected chi connectivity index (χ1v) is 7.09. The van der Waals surface area contributed by atoms with E-state index in [0.717, 1.165) is 0 Å². The van der Waals surface area contributed by atoms with Crippen molar-refractivity contribution < 1.29 is 19.6 Å². The van der Waals surface area contributed by atoms with Gasteiger partial charge in [-0.05, 0) is 17.7 Å². The van der Waals surface area contributed by atoms with E-state index in [-0.39, 0.29) is 31.2 Å². The van der Waals surface area contributed by atoms with Gasteiger partial charge in [-0.15, -0.1) is 0 Å². The van der Waals surface area contributed by atoms with Crippen LogP contribution in [0.4, 0.5) is 16.3 Å². The molecule has 1 amide bonds. The first-order chi connectivity index (χ1) is 11.5. The Morgan fingerprint density at radius 2 is 2.17 bits per heavy atom. The number of benzene rings is 1. The second-order valence-electron chi connectivity index (χ2n) is 5.26. The molecule has 0 radical (unpaired) electrons. The molecule has 0 saturated heterocycles. The third-order valence-electron chi connectivity index (χ3n) is 3.74. The first kappa shape index (κ1) is 15.5. The molecule has 124 valence electrons. The van der Waals surface area contributed by atoms with E-state index in [1.807, 2.05) is 0 Å². The highest BCUT2D eigenvalue weighted by Gasteiger charge is 2.20. The summed E-state index contributed by atoms with van der Waals surface area (Å²) in [6, 6.07) is 6.55. The first-order valence-electron chi connectivity index (χ1n) is 7.09. The van der Waals surface area contributed by atoms with E-state index in [1.54, 1.807) is 18.2 Å². The number of carbonyl (C=O) groups is 1. The maximum absolute atomic E-state index is 11.2. The summed E-state index contributed by atoms with van der Waals surface area (Å²) in [5.41, 5.74) is 7.11. The lowest BCUT2D eigenvalue weighted by Gasteiger charge is -2.15. The van der Waals surface area contributed by atoms with Gasteiger partial charge in [-0.1, -0.05) is 6.07 Å². The zero-order chi connectivity index (χ0) is 17.3. The lowest BCUT2D eigenvalue weighted by molar-refractivity contribution is -0.384. The molecule has 0 saturated carbocycles. The Balaban J connectivity index is 2.01. The van der Waals surface area contributed by atoms with Gasteiger partial charge in [0, 0.05) is 23.4 Å². The third kappa shape index (κ3) is 2.91. The van der Waals surface area contributed by atoms with Crippen LogP contribution < -0.4 is 10.5 Å². The van der Waals surface area contributed by atoms with Crippen LogP contribution in [0.25, 0.3) is 11.1 Å². The quantitative estimate of drug-likeness (QED) is 0.636. The van der Waals surface area contributed by atoms with E-state index >= 15 is 0 Å².